The first-order valence-electron chi connectivity index (χ1n) is 5.83. The number of aromatic carboxylic acids is 1. The fourth-order valence-electron chi connectivity index (χ4n) is 1.90. The zero-order valence-electron chi connectivity index (χ0n) is 10.8. The SMILES string of the molecule is Cc1nn(C)cc1-c1nc(-c2cc(C(=O)O)cs2)cs1. The monoisotopic (exact) mass is 305 g/mol. The molecule has 0 aliphatic carbocycles. The van der Waals surface area contributed by atoms with E-state index in [4.69, 9.17) is 5.11 Å². The second-order valence-electron chi connectivity index (χ2n) is 4.34. The van der Waals surface area contributed by atoms with E-state index in [1.54, 1.807) is 16.1 Å². The number of carboxylic acid groups (broad SMARTS) is 1. The van der Waals surface area contributed by atoms with Crippen LogP contribution < -0.4 is 0 Å². The van der Waals surface area contributed by atoms with Crippen LogP contribution in [0.3, 0.4) is 0 Å². The Labute approximate surface area is 123 Å². The van der Waals surface area contributed by atoms with E-state index < -0.39 is 5.97 Å². The molecule has 5 nitrogen and oxygen atoms in total. The lowest BCUT2D eigenvalue weighted by Crippen LogP contribution is -1.91. The smallest absolute Gasteiger partial charge is 0.336 e. The summed E-state index contributed by atoms with van der Waals surface area (Å²) in [7, 11) is 1.88. The number of hydrogen-bond acceptors (Lipinski definition) is 5. The Hall–Kier alpha value is -1.99. The standard InChI is InChI=1S/C13H11N3O2S2/c1-7-9(4-16(2)15-7)12-14-10(6-20-12)11-3-8(5-19-11)13(17)18/h3-6H,1-2H3,(H,17,18). The number of aryl methyl sites for hydroxylation is 2. The van der Waals surface area contributed by atoms with Crippen LogP contribution in [-0.2, 0) is 7.05 Å². The molecule has 0 bridgehead atoms. The molecular formula is C13H11N3O2S2. The molecule has 0 saturated heterocycles. The van der Waals surface area contributed by atoms with E-state index in [0.29, 0.717) is 5.56 Å². The number of rotatable bonds is 3. The van der Waals surface area contributed by atoms with Crippen molar-refractivity contribution in [3.05, 3.63) is 34.3 Å². The van der Waals surface area contributed by atoms with Gasteiger partial charge in [-0.3, -0.25) is 4.68 Å². The first-order valence-corrected chi connectivity index (χ1v) is 7.59. The van der Waals surface area contributed by atoms with Gasteiger partial charge in [0.15, 0.2) is 0 Å². The van der Waals surface area contributed by atoms with Crippen molar-refractivity contribution >= 4 is 28.6 Å². The molecule has 102 valence electrons. The van der Waals surface area contributed by atoms with Gasteiger partial charge in [0.25, 0.3) is 0 Å². The molecule has 0 aliphatic rings. The Balaban J connectivity index is 1.97. The molecule has 0 radical (unpaired) electrons. The number of carboxylic acids is 1. The minimum absolute atomic E-state index is 0.303. The van der Waals surface area contributed by atoms with Gasteiger partial charge in [0, 0.05) is 24.0 Å². The summed E-state index contributed by atoms with van der Waals surface area (Å²) in [5, 5.41) is 17.7. The Morgan fingerprint density at radius 2 is 2.15 bits per heavy atom. The van der Waals surface area contributed by atoms with Gasteiger partial charge in [0.05, 0.1) is 27.4 Å². The van der Waals surface area contributed by atoms with Gasteiger partial charge in [-0.15, -0.1) is 22.7 Å². The van der Waals surface area contributed by atoms with Crippen molar-refractivity contribution in [2.24, 2.45) is 7.05 Å². The molecular weight excluding hydrogens is 294 g/mol. The minimum Gasteiger partial charge on any atom is -0.478 e. The summed E-state index contributed by atoms with van der Waals surface area (Å²) in [6.07, 6.45) is 1.94. The number of carbonyl (C=O) groups is 1. The van der Waals surface area contributed by atoms with Crippen molar-refractivity contribution in [3.63, 3.8) is 0 Å². The van der Waals surface area contributed by atoms with Crippen molar-refractivity contribution in [2.75, 3.05) is 0 Å². The Kier molecular flexibility index (Phi) is 3.15. The highest BCUT2D eigenvalue weighted by atomic mass is 32.1. The van der Waals surface area contributed by atoms with Gasteiger partial charge >= 0.3 is 5.97 Å². The third-order valence-corrected chi connectivity index (χ3v) is 4.68. The number of aromatic nitrogens is 3. The maximum Gasteiger partial charge on any atom is 0.336 e. The van der Waals surface area contributed by atoms with E-state index in [1.165, 1.54) is 22.7 Å². The molecule has 3 rings (SSSR count). The highest BCUT2D eigenvalue weighted by molar-refractivity contribution is 7.15. The van der Waals surface area contributed by atoms with Crippen LogP contribution in [0.15, 0.2) is 23.0 Å². The summed E-state index contributed by atoms with van der Waals surface area (Å²) < 4.78 is 1.76. The van der Waals surface area contributed by atoms with E-state index in [0.717, 1.165) is 26.8 Å². The average molecular weight is 305 g/mol. The van der Waals surface area contributed by atoms with E-state index in [2.05, 4.69) is 10.1 Å². The summed E-state index contributed by atoms with van der Waals surface area (Å²) in [6, 6.07) is 1.65. The van der Waals surface area contributed by atoms with Gasteiger partial charge in [-0.25, -0.2) is 9.78 Å². The molecule has 3 heterocycles. The van der Waals surface area contributed by atoms with Crippen LogP contribution in [0.25, 0.3) is 21.1 Å². The molecule has 0 spiro atoms. The third kappa shape index (κ3) is 2.25. The number of thiazole rings is 1. The van der Waals surface area contributed by atoms with Crippen LogP contribution in [0.2, 0.25) is 0 Å². The highest BCUT2D eigenvalue weighted by Gasteiger charge is 2.14. The molecule has 0 saturated carbocycles. The summed E-state index contributed by atoms with van der Waals surface area (Å²) in [4.78, 5) is 16.3. The largest absolute Gasteiger partial charge is 0.478 e. The van der Waals surface area contributed by atoms with Gasteiger partial charge in [-0.1, -0.05) is 0 Å². The fraction of sp³-hybridized carbons (Fsp3) is 0.154. The molecule has 0 unspecified atom stereocenters. The van der Waals surface area contributed by atoms with Gasteiger partial charge < -0.3 is 5.11 Å². The van der Waals surface area contributed by atoms with Crippen molar-refractivity contribution < 1.29 is 9.90 Å². The van der Waals surface area contributed by atoms with E-state index >= 15 is 0 Å². The third-order valence-electron chi connectivity index (χ3n) is 2.85. The van der Waals surface area contributed by atoms with Gasteiger partial charge in [-0.05, 0) is 13.0 Å². The zero-order valence-corrected chi connectivity index (χ0v) is 12.5. The van der Waals surface area contributed by atoms with E-state index in [9.17, 15) is 4.79 Å². The van der Waals surface area contributed by atoms with Crippen LogP contribution in [0.4, 0.5) is 0 Å². The summed E-state index contributed by atoms with van der Waals surface area (Å²) >= 11 is 2.93. The maximum absolute atomic E-state index is 10.9. The molecule has 0 aromatic carbocycles. The molecule has 20 heavy (non-hydrogen) atoms. The second kappa shape index (κ2) is 4.84. The average Bonchev–Trinajstić information content (AvgIpc) is 3.07. The predicted octanol–water partition coefficient (Wildman–Crippen LogP) is 3.28. The second-order valence-corrected chi connectivity index (χ2v) is 6.11. The summed E-state index contributed by atoms with van der Waals surface area (Å²) in [5.41, 5.74) is 3.06. The van der Waals surface area contributed by atoms with Crippen LogP contribution in [0, 0.1) is 6.92 Å². The van der Waals surface area contributed by atoms with Crippen molar-refractivity contribution in [2.45, 2.75) is 6.92 Å². The van der Waals surface area contributed by atoms with Gasteiger partial charge in [0.1, 0.15) is 5.01 Å². The summed E-state index contributed by atoms with van der Waals surface area (Å²) in [6.45, 7) is 1.95. The molecule has 0 aliphatic heterocycles. The fourth-order valence-corrected chi connectivity index (χ4v) is 3.70. The van der Waals surface area contributed by atoms with Crippen LogP contribution in [-0.4, -0.2) is 25.8 Å². The maximum atomic E-state index is 10.9. The zero-order chi connectivity index (χ0) is 14.3. The molecule has 0 fully saturated rings. The predicted molar refractivity (Wildman–Crippen MR) is 79.3 cm³/mol. The lowest BCUT2D eigenvalue weighted by molar-refractivity contribution is 0.0697. The molecule has 0 atom stereocenters. The summed E-state index contributed by atoms with van der Waals surface area (Å²) in [5.74, 6) is -0.911. The highest BCUT2D eigenvalue weighted by Crippen LogP contribution is 2.33. The number of nitrogens with zero attached hydrogens (tertiary/aromatic N) is 3. The molecule has 7 heteroatoms. The topological polar surface area (TPSA) is 68.0 Å². The molecule has 0 amide bonds. The Morgan fingerprint density at radius 3 is 2.75 bits per heavy atom. The first kappa shape index (κ1) is 13.0. The van der Waals surface area contributed by atoms with E-state index in [1.807, 2.05) is 25.5 Å². The van der Waals surface area contributed by atoms with Crippen molar-refractivity contribution in [3.8, 4) is 21.1 Å². The van der Waals surface area contributed by atoms with Gasteiger partial charge in [0.2, 0.25) is 0 Å². The van der Waals surface area contributed by atoms with Crippen LogP contribution >= 0.6 is 22.7 Å². The van der Waals surface area contributed by atoms with Gasteiger partial charge in [-0.2, -0.15) is 5.10 Å². The lowest BCUT2D eigenvalue weighted by Gasteiger charge is -1.91. The van der Waals surface area contributed by atoms with Crippen LogP contribution in [0.5, 0.6) is 0 Å². The Bertz CT molecular complexity index is 785. The molecule has 3 aromatic heterocycles. The normalized spacial score (nSPS) is 10.9. The molecule has 1 N–H and O–H groups in total. The van der Waals surface area contributed by atoms with Crippen molar-refractivity contribution in [1.29, 1.82) is 0 Å². The first-order chi connectivity index (χ1) is 9.54. The number of hydrogen-bond donors (Lipinski definition) is 1. The molecule has 3 aromatic rings. The minimum atomic E-state index is -0.911. The van der Waals surface area contributed by atoms with E-state index in [-0.39, 0.29) is 0 Å². The Morgan fingerprint density at radius 1 is 1.35 bits per heavy atom. The number of thiophene rings is 1. The quantitative estimate of drug-likeness (QED) is 0.806. The lowest BCUT2D eigenvalue weighted by atomic mass is 10.2. The van der Waals surface area contributed by atoms with Crippen molar-refractivity contribution in [1.82, 2.24) is 14.8 Å². The van der Waals surface area contributed by atoms with Crippen LogP contribution in [0.1, 0.15) is 16.1 Å².